The molecule has 0 fully saturated rings. The predicted molar refractivity (Wildman–Crippen MR) is 87.5 cm³/mol. The average molecular weight is 317 g/mol. The third-order valence-corrected chi connectivity index (χ3v) is 2.55. The Bertz CT molecular complexity index is 439. The number of nitrogens with one attached hydrogen (secondary N) is 1. The molecule has 0 aliphatic carbocycles. The number of benzene rings is 1. The number of rotatable bonds is 8. The number of nitrogens with two attached hydrogens (primary N) is 1. The molecule has 1 atom stereocenters. The number of carbonyl (C=O) groups is 1. The van der Waals surface area contributed by atoms with E-state index in [4.69, 9.17) is 15.2 Å². The van der Waals surface area contributed by atoms with Crippen LogP contribution in [-0.4, -0.2) is 25.2 Å². The number of amides is 1. The fourth-order valence-electron chi connectivity index (χ4n) is 1.50. The van der Waals surface area contributed by atoms with Crippen LogP contribution in [0.2, 0.25) is 0 Å². The minimum atomic E-state index is -0.550. The highest BCUT2D eigenvalue weighted by Crippen LogP contribution is 2.31. The van der Waals surface area contributed by atoms with Gasteiger partial charge >= 0.3 is 0 Å². The monoisotopic (exact) mass is 316 g/mol. The van der Waals surface area contributed by atoms with Gasteiger partial charge in [0.1, 0.15) is 0 Å². The zero-order chi connectivity index (χ0) is 15.0. The molecule has 0 aromatic heterocycles. The van der Waals surface area contributed by atoms with Crippen LogP contribution in [0.15, 0.2) is 18.2 Å². The molecule has 0 saturated heterocycles. The quantitative estimate of drug-likeness (QED) is 0.773. The van der Waals surface area contributed by atoms with E-state index >= 15 is 0 Å². The Morgan fingerprint density at radius 1 is 1.19 bits per heavy atom. The van der Waals surface area contributed by atoms with E-state index in [1.807, 2.05) is 13.8 Å². The first-order valence-corrected chi connectivity index (χ1v) is 7.04. The zero-order valence-corrected chi connectivity index (χ0v) is 13.7. The number of ether oxygens (including phenoxy) is 2. The van der Waals surface area contributed by atoms with Crippen LogP contribution >= 0.6 is 12.4 Å². The first-order chi connectivity index (χ1) is 9.58. The Morgan fingerprint density at radius 2 is 1.76 bits per heavy atom. The Labute approximate surface area is 132 Å². The van der Waals surface area contributed by atoms with Crippen LogP contribution in [0, 0.1) is 0 Å². The van der Waals surface area contributed by atoms with Gasteiger partial charge in [0.15, 0.2) is 11.5 Å². The van der Waals surface area contributed by atoms with Crippen LogP contribution in [0.4, 0.5) is 5.69 Å². The van der Waals surface area contributed by atoms with Crippen molar-refractivity contribution in [3.63, 3.8) is 0 Å². The molecule has 0 aliphatic heterocycles. The average Bonchev–Trinajstić information content (AvgIpc) is 2.43. The van der Waals surface area contributed by atoms with Gasteiger partial charge in [0.2, 0.25) is 5.91 Å². The van der Waals surface area contributed by atoms with Crippen molar-refractivity contribution in [2.45, 2.75) is 39.7 Å². The van der Waals surface area contributed by atoms with Gasteiger partial charge in [-0.3, -0.25) is 4.79 Å². The summed E-state index contributed by atoms with van der Waals surface area (Å²) in [5, 5.41) is 2.74. The predicted octanol–water partition coefficient (Wildman–Crippen LogP) is 2.97. The van der Waals surface area contributed by atoms with Crippen molar-refractivity contribution in [3.8, 4) is 11.5 Å². The molecule has 1 rings (SSSR count). The summed E-state index contributed by atoms with van der Waals surface area (Å²) in [7, 11) is 0. The number of hydrogen-bond donors (Lipinski definition) is 2. The van der Waals surface area contributed by atoms with Gasteiger partial charge in [0.05, 0.1) is 19.3 Å². The summed E-state index contributed by atoms with van der Waals surface area (Å²) in [6, 6.07) is 4.80. The van der Waals surface area contributed by atoms with E-state index in [1.54, 1.807) is 25.1 Å². The van der Waals surface area contributed by atoms with Gasteiger partial charge in [-0.25, -0.2) is 0 Å². The minimum Gasteiger partial charge on any atom is -0.490 e. The molecule has 1 amide bonds. The summed E-state index contributed by atoms with van der Waals surface area (Å²) >= 11 is 0. The lowest BCUT2D eigenvalue weighted by atomic mass is 10.2. The van der Waals surface area contributed by atoms with Gasteiger partial charge in [0, 0.05) is 11.8 Å². The maximum absolute atomic E-state index is 11.6. The molecule has 5 nitrogen and oxygen atoms in total. The van der Waals surface area contributed by atoms with Gasteiger partial charge in [-0.2, -0.15) is 0 Å². The topological polar surface area (TPSA) is 73.6 Å². The largest absolute Gasteiger partial charge is 0.490 e. The van der Waals surface area contributed by atoms with Crippen LogP contribution in [0.5, 0.6) is 11.5 Å². The molecule has 1 aromatic carbocycles. The van der Waals surface area contributed by atoms with Crippen LogP contribution < -0.4 is 20.5 Å². The van der Waals surface area contributed by atoms with E-state index in [2.05, 4.69) is 5.32 Å². The molecular formula is C15H25ClN2O3. The van der Waals surface area contributed by atoms with E-state index in [0.717, 1.165) is 12.8 Å². The number of hydrogen-bond acceptors (Lipinski definition) is 4. The van der Waals surface area contributed by atoms with Crippen LogP contribution in [-0.2, 0) is 4.79 Å². The fraction of sp³-hybridized carbons (Fsp3) is 0.533. The van der Waals surface area contributed by atoms with Crippen molar-refractivity contribution in [1.29, 1.82) is 0 Å². The van der Waals surface area contributed by atoms with Crippen molar-refractivity contribution in [2.75, 3.05) is 18.5 Å². The molecule has 0 unspecified atom stereocenters. The van der Waals surface area contributed by atoms with Crippen molar-refractivity contribution >= 4 is 24.0 Å². The number of anilines is 1. The Balaban J connectivity index is 0.00000400. The summed E-state index contributed by atoms with van der Waals surface area (Å²) in [5.74, 6) is 1.11. The summed E-state index contributed by atoms with van der Waals surface area (Å²) in [5.41, 5.74) is 6.18. The molecule has 6 heteroatoms. The molecular weight excluding hydrogens is 292 g/mol. The van der Waals surface area contributed by atoms with E-state index in [9.17, 15) is 4.79 Å². The van der Waals surface area contributed by atoms with Crippen molar-refractivity contribution < 1.29 is 14.3 Å². The smallest absolute Gasteiger partial charge is 0.241 e. The molecule has 0 heterocycles. The first kappa shape index (κ1) is 19.5. The van der Waals surface area contributed by atoms with E-state index in [0.29, 0.717) is 30.4 Å². The molecule has 3 N–H and O–H groups in total. The van der Waals surface area contributed by atoms with E-state index in [-0.39, 0.29) is 18.3 Å². The third-order valence-electron chi connectivity index (χ3n) is 2.55. The second-order valence-electron chi connectivity index (χ2n) is 4.64. The molecule has 120 valence electrons. The summed E-state index contributed by atoms with van der Waals surface area (Å²) < 4.78 is 11.3. The lowest BCUT2D eigenvalue weighted by Crippen LogP contribution is -2.32. The summed E-state index contributed by atoms with van der Waals surface area (Å²) in [4.78, 5) is 11.6. The zero-order valence-electron chi connectivity index (χ0n) is 12.8. The highest BCUT2D eigenvalue weighted by atomic mass is 35.5. The maximum Gasteiger partial charge on any atom is 0.241 e. The molecule has 0 aliphatic rings. The number of halogens is 1. The van der Waals surface area contributed by atoms with Crippen LogP contribution in [0.25, 0.3) is 0 Å². The van der Waals surface area contributed by atoms with E-state index < -0.39 is 6.04 Å². The summed E-state index contributed by atoms with van der Waals surface area (Å²) in [6.45, 7) is 6.96. The highest BCUT2D eigenvalue weighted by molar-refractivity contribution is 5.94. The van der Waals surface area contributed by atoms with E-state index in [1.165, 1.54) is 0 Å². The fourth-order valence-corrected chi connectivity index (χ4v) is 1.50. The molecule has 0 spiro atoms. The Morgan fingerprint density at radius 3 is 2.29 bits per heavy atom. The molecule has 21 heavy (non-hydrogen) atoms. The third kappa shape index (κ3) is 6.69. The normalized spacial score (nSPS) is 11.2. The SMILES string of the molecule is CCCOc1ccc(NC(=O)[C@H](C)N)cc1OCCC.Cl. The molecule has 0 radical (unpaired) electrons. The van der Waals surface area contributed by atoms with Gasteiger partial charge in [-0.1, -0.05) is 13.8 Å². The molecule has 0 bridgehead atoms. The number of carbonyl (C=O) groups excluding carboxylic acids is 1. The molecule has 0 saturated carbocycles. The van der Waals surface area contributed by atoms with Gasteiger partial charge in [-0.05, 0) is 31.9 Å². The van der Waals surface area contributed by atoms with Gasteiger partial charge in [0.25, 0.3) is 0 Å². The van der Waals surface area contributed by atoms with Crippen molar-refractivity contribution in [3.05, 3.63) is 18.2 Å². The summed E-state index contributed by atoms with van der Waals surface area (Å²) in [6.07, 6.45) is 1.83. The second kappa shape index (κ2) is 10.3. The molecule has 1 aromatic rings. The maximum atomic E-state index is 11.6. The van der Waals surface area contributed by atoms with Crippen LogP contribution in [0.1, 0.15) is 33.6 Å². The Kier molecular flexibility index (Phi) is 9.58. The second-order valence-corrected chi connectivity index (χ2v) is 4.64. The lowest BCUT2D eigenvalue weighted by molar-refractivity contribution is -0.117. The standard InChI is InChI=1S/C15H24N2O3.ClH/c1-4-8-19-13-7-6-12(17-15(18)11(3)16)10-14(13)20-9-5-2;/h6-7,10-11H,4-5,8-9,16H2,1-3H3,(H,17,18);1H/t11-;/m0./s1. The highest BCUT2D eigenvalue weighted by Gasteiger charge is 2.11. The van der Waals surface area contributed by atoms with Crippen LogP contribution in [0.3, 0.4) is 0 Å². The van der Waals surface area contributed by atoms with Crippen molar-refractivity contribution in [2.24, 2.45) is 5.73 Å². The Hall–Kier alpha value is -1.46. The lowest BCUT2D eigenvalue weighted by Gasteiger charge is -2.14. The van der Waals surface area contributed by atoms with Gasteiger partial charge in [-0.15, -0.1) is 12.4 Å². The minimum absolute atomic E-state index is 0. The first-order valence-electron chi connectivity index (χ1n) is 7.04. The van der Waals surface area contributed by atoms with Crippen molar-refractivity contribution in [1.82, 2.24) is 0 Å². The van der Waals surface area contributed by atoms with Gasteiger partial charge < -0.3 is 20.5 Å².